The average molecular weight is 457 g/mol. The number of nitrogens with zero attached hydrogens (tertiary/aromatic N) is 4. The van der Waals surface area contributed by atoms with Crippen molar-refractivity contribution >= 4 is 35.8 Å². The van der Waals surface area contributed by atoms with Crippen LogP contribution < -0.4 is 16.4 Å². The van der Waals surface area contributed by atoms with Crippen molar-refractivity contribution in [2.24, 2.45) is 10.7 Å². The third-order valence-corrected chi connectivity index (χ3v) is 3.58. The molecule has 1 aromatic heterocycles. The zero-order chi connectivity index (χ0) is 17.4. The highest BCUT2D eigenvalue weighted by Crippen LogP contribution is 2.03. The van der Waals surface area contributed by atoms with Crippen LogP contribution in [0.25, 0.3) is 0 Å². The number of benzene rings is 1. The van der Waals surface area contributed by atoms with Gasteiger partial charge in [-0.1, -0.05) is 19.1 Å². The minimum absolute atomic E-state index is 0. The van der Waals surface area contributed by atoms with Crippen molar-refractivity contribution < 1.29 is 4.79 Å². The van der Waals surface area contributed by atoms with Gasteiger partial charge < -0.3 is 20.9 Å². The molecule has 0 spiro atoms. The number of amides is 1. The lowest BCUT2D eigenvalue weighted by Gasteiger charge is -2.13. The molecule has 9 heteroatoms. The number of aryl methyl sites for hydroxylation is 1. The second kappa shape index (κ2) is 10.6. The molecule has 0 atom stereocenters. The number of primary amides is 1. The molecule has 0 aliphatic rings. The van der Waals surface area contributed by atoms with Crippen molar-refractivity contribution in [1.82, 2.24) is 25.4 Å². The van der Waals surface area contributed by atoms with Crippen LogP contribution in [0, 0.1) is 0 Å². The zero-order valence-electron chi connectivity index (χ0n) is 14.4. The minimum Gasteiger partial charge on any atom is -0.366 e. The van der Waals surface area contributed by atoms with Crippen molar-refractivity contribution in [3.05, 3.63) is 47.5 Å². The van der Waals surface area contributed by atoms with E-state index in [0.717, 1.165) is 24.4 Å². The highest BCUT2D eigenvalue weighted by Gasteiger charge is 2.03. The second-order valence-corrected chi connectivity index (χ2v) is 5.21. The maximum absolute atomic E-state index is 11.1. The fourth-order valence-corrected chi connectivity index (χ4v) is 2.23. The first-order chi connectivity index (χ1) is 11.6. The first-order valence-electron chi connectivity index (χ1n) is 7.84. The van der Waals surface area contributed by atoms with Gasteiger partial charge in [-0.05, 0) is 17.7 Å². The van der Waals surface area contributed by atoms with E-state index >= 15 is 0 Å². The molecule has 0 saturated heterocycles. The van der Waals surface area contributed by atoms with Gasteiger partial charge in [0.1, 0.15) is 12.2 Å². The molecule has 1 heterocycles. The molecule has 136 valence electrons. The Balaban J connectivity index is 0.00000312. The van der Waals surface area contributed by atoms with E-state index in [1.807, 2.05) is 16.7 Å². The third kappa shape index (κ3) is 6.33. The van der Waals surface area contributed by atoms with Gasteiger partial charge in [0.25, 0.3) is 0 Å². The van der Waals surface area contributed by atoms with E-state index < -0.39 is 5.91 Å². The molecular formula is C16H24IN7O. The zero-order valence-corrected chi connectivity index (χ0v) is 16.7. The summed E-state index contributed by atoms with van der Waals surface area (Å²) < 4.78 is 2.02. The summed E-state index contributed by atoms with van der Waals surface area (Å²) in [5, 5.41) is 14.4. The average Bonchev–Trinajstić information content (AvgIpc) is 3.05. The van der Waals surface area contributed by atoms with Crippen molar-refractivity contribution in [3.63, 3.8) is 0 Å². The molecule has 1 aromatic carbocycles. The summed E-state index contributed by atoms with van der Waals surface area (Å²) in [7, 11) is 1.72. The summed E-state index contributed by atoms with van der Waals surface area (Å²) in [6, 6.07) is 7.16. The first kappa shape index (κ1) is 20.9. The van der Waals surface area contributed by atoms with Gasteiger partial charge in [-0.25, -0.2) is 0 Å². The SMILES string of the molecule is CCc1nncn1CCNC(=NC)NCc1ccc(C(N)=O)cc1.I. The van der Waals surface area contributed by atoms with Gasteiger partial charge in [0.05, 0.1) is 0 Å². The van der Waals surface area contributed by atoms with Gasteiger partial charge >= 0.3 is 0 Å². The van der Waals surface area contributed by atoms with Crippen molar-refractivity contribution in [1.29, 1.82) is 0 Å². The van der Waals surface area contributed by atoms with Crippen molar-refractivity contribution in [2.75, 3.05) is 13.6 Å². The predicted octanol–water partition coefficient (Wildman–Crippen LogP) is 0.923. The van der Waals surface area contributed by atoms with Crippen LogP contribution in [0.3, 0.4) is 0 Å². The van der Waals surface area contributed by atoms with Crippen LogP contribution in [0.4, 0.5) is 0 Å². The molecule has 0 unspecified atom stereocenters. The normalized spacial score (nSPS) is 10.9. The monoisotopic (exact) mass is 457 g/mol. The van der Waals surface area contributed by atoms with Crippen molar-refractivity contribution in [2.45, 2.75) is 26.4 Å². The minimum atomic E-state index is -0.424. The number of halogens is 1. The van der Waals surface area contributed by atoms with E-state index in [4.69, 9.17) is 5.73 Å². The van der Waals surface area contributed by atoms with Crippen LogP contribution in [0.5, 0.6) is 0 Å². The van der Waals surface area contributed by atoms with Crippen LogP contribution in [-0.2, 0) is 19.5 Å². The van der Waals surface area contributed by atoms with Crippen LogP contribution >= 0.6 is 24.0 Å². The molecule has 0 saturated carbocycles. The smallest absolute Gasteiger partial charge is 0.248 e. The maximum atomic E-state index is 11.1. The number of nitrogens with two attached hydrogens (primary N) is 1. The highest BCUT2D eigenvalue weighted by molar-refractivity contribution is 14.0. The fourth-order valence-electron chi connectivity index (χ4n) is 2.23. The van der Waals surface area contributed by atoms with Crippen LogP contribution in [0.2, 0.25) is 0 Å². The molecule has 2 rings (SSSR count). The fraction of sp³-hybridized carbons (Fsp3) is 0.375. The quantitative estimate of drug-likeness (QED) is 0.326. The molecule has 4 N–H and O–H groups in total. The number of hydrogen-bond acceptors (Lipinski definition) is 4. The van der Waals surface area contributed by atoms with Gasteiger partial charge in [-0.3, -0.25) is 9.79 Å². The Morgan fingerprint density at radius 1 is 1.28 bits per heavy atom. The van der Waals surface area contributed by atoms with Crippen molar-refractivity contribution in [3.8, 4) is 0 Å². The Labute approximate surface area is 164 Å². The van der Waals surface area contributed by atoms with E-state index in [1.54, 1.807) is 25.5 Å². The molecule has 25 heavy (non-hydrogen) atoms. The molecule has 0 aliphatic heterocycles. The number of aromatic nitrogens is 3. The Hall–Kier alpha value is -2.17. The lowest BCUT2D eigenvalue weighted by molar-refractivity contribution is 0.100. The van der Waals surface area contributed by atoms with Crippen LogP contribution in [0.1, 0.15) is 28.7 Å². The largest absolute Gasteiger partial charge is 0.366 e. The summed E-state index contributed by atoms with van der Waals surface area (Å²) in [4.78, 5) is 15.2. The summed E-state index contributed by atoms with van der Waals surface area (Å²) in [6.07, 6.45) is 2.59. The Kier molecular flexibility index (Phi) is 8.89. The second-order valence-electron chi connectivity index (χ2n) is 5.21. The Bertz CT molecular complexity index is 697. The molecule has 0 bridgehead atoms. The molecule has 0 radical (unpaired) electrons. The number of carbonyl (C=O) groups excluding carboxylic acids is 1. The Morgan fingerprint density at radius 3 is 2.60 bits per heavy atom. The molecule has 0 fully saturated rings. The lowest BCUT2D eigenvalue weighted by atomic mass is 10.1. The third-order valence-electron chi connectivity index (χ3n) is 3.58. The number of carbonyl (C=O) groups is 1. The van der Waals surface area contributed by atoms with E-state index in [9.17, 15) is 4.79 Å². The molecule has 0 aliphatic carbocycles. The number of aliphatic imine (C=N–C) groups is 1. The highest BCUT2D eigenvalue weighted by atomic mass is 127. The van der Waals surface area contributed by atoms with Gasteiger partial charge in [0.15, 0.2) is 5.96 Å². The molecule has 8 nitrogen and oxygen atoms in total. The van der Waals surface area contributed by atoms with Crippen LogP contribution in [-0.4, -0.2) is 40.2 Å². The molecule has 2 aromatic rings. The summed E-state index contributed by atoms with van der Waals surface area (Å²) in [5.74, 6) is 1.25. The first-order valence-corrected chi connectivity index (χ1v) is 7.84. The number of rotatable bonds is 7. The summed E-state index contributed by atoms with van der Waals surface area (Å²) >= 11 is 0. The van der Waals surface area contributed by atoms with Gasteiger partial charge in [0, 0.05) is 38.7 Å². The van der Waals surface area contributed by atoms with E-state index in [-0.39, 0.29) is 24.0 Å². The van der Waals surface area contributed by atoms with E-state index in [1.165, 1.54) is 0 Å². The molecule has 1 amide bonds. The summed E-state index contributed by atoms with van der Waals surface area (Å²) in [6.45, 7) is 4.14. The van der Waals surface area contributed by atoms with E-state index in [0.29, 0.717) is 24.6 Å². The lowest BCUT2D eigenvalue weighted by Crippen LogP contribution is -2.38. The maximum Gasteiger partial charge on any atom is 0.248 e. The topological polar surface area (TPSA) is 110 Å². The standard InChI is InChI=1S/C16H23N7O.HI/c1-3-14-22-21-11-23(14)9-8-19-16(18-2)20-10-12-4-6-13(7-5-12)15(17)24;/h4-7,11H,3,8-10H2,1-2H3,(H2,17,24)(H2,18,19,20);1H. The Morgan fingerprint density at radius 2 is 2.00 bits per heavy atom. The number of hydrogen-bond donors (Lipinski definition) is 3. The number of guanidine groups is 1. The number of nitrogens with one attached hydrogen (secondary N) is 2. The van der Waals surface area contributed by atoms with E-state index in [2.05, 4.69) is 32.7 Å². The van der Waals surface area contributed by atoms with Gasteiger partial charge in [-0.2, -0.15) is 0 Å². The summed E-state index contributed by atoms with van der Waals surface area (Å²) in [5.41, 5.74) is 6.77. The molecular weight excluding hydrogens is 433 g/mol. The van der Waals surface area contributed by atoms with Gasteiger partial charge in [-0.15, -0.1) is 34.2 Å². The predicted molar refractivity (Wildman–Crippen MR) is 108 cm³/mol. The van der Waals surface area contributed by atoms with Crippen LogP contribution in [0.15, 0.2) is 35.6 Å². The van der Waals surface area contributed by atoms with Gasteiger partial charge in [0.2, 0.25) is 5.91 Å².